The Morgan fingerprint density at radius 3 is 2.68 bits per heavy atom. The van der Waals surface area contributed by atoms with Gasteiger partial charge in [-0.3, -0.25) is 4.99 Å². The van der Waals surface area contributed by atoms with Crippen molar-refractivity contribution < 1.29 is 9.47 Å². The highest BCUT2D eigenvalue weighted by molar-refractivity contribution is 14.0. The summed E-state index contributed by atoms with van der Waals surface area (Å²) in [6.07, 6.45) is 1.79. The SMILES string of the molecule is CCNC(=NCCCc1nc2ccccc2[nH]1)N(C)Cc1ccc(OC)cc1OC.I. The summed E-state index contributed by atoms with van der Waals surface area (Å²) in [5.41, 5.74) is 3.17. The zero-order valence-corrected chi connectivity index (χ0v) is 21.0. The fourth-order valence-electron chi connectivity index (χ4n) is 3.34. The predicted octanol–water partition coefficient (Wildman–Crippen LogP) is 4.23. The number of benzene rings is 2. The molecule has 0 radical (unpaired) electrons. The van der Waals surface area contributed by atoms with Crippen molar-refractivity contribution in [2.75, 3.05) is 34.4 Å². The van der Waals surface area contributed by atoms with Gasteiger partial charge in [-0.2, -0.15) is 0 Å². The van der Waals surface area contributed by atoms with Crippen molar-refractivity contribution in [1.29, 1.82) is 0 Å². The van der Waals surface area contributed by atoms with Gasteiger partial charge in [-0.05, 0) is 37.6 Å². The number of aliphatic imine (C=N–C) groups is 1. The van der Waals surface area contributed by atoms with E-state index < -0.39 is 0 Å². The largest absolute Gasteiger partial charge is 0.497 e. The average molecular weight is 537 g/mol. The van der Waals surface area contributed by atoms with Gasteiger partial charge >= 0.3 is 0 Å². The van der Waals surface area contributed by atoms with Gasteiger partial charge in [0.25, 0.3) is 0 Å². The summed E-state index contributed by atoms with van der Waals surface area (Å²) >= 11 is 0. The van der Waals surface area contributed by atoms with Crippen LogP contribution in [0.3, 0.4) is 0 Å². The predicted molar refractivity (Wildman–Crippen MR) is 137 cm³/mol. The van der Waals surface area contributed by atoms with Gasteiger partial charge in [0, 0.05) is 44.7 Å². The Kier molecular flexibility index (Phi) is 9.90. The van der Waals surface area contributed by atoms with Gasteiger partial charge in [0.15, 0.2) is 5.96 Å². The molecule has 3 aromatic rings. The number of methoxy groups -OCH3 is 2. The van der Waals surface area contributed by atoms with Gasteiger partial charge in [-0.25, -0.2) is 4.98 Å². The number of ether oxygens (including phenoxy) is 2. The molecule has 0 spiro atoms. The van der Waals surface area contributed by atoms with Crippen LogP contribution in [0, 0.1) is 0 Å². The van der Waals surface area contributed by atoms with Gasteiger partial charge in [-0.15, -0.1) is 24.0 Å². The van der Waals surface area contributed by atoms with Gasteiger partial charge in [0.05, 0.1) is 25.3 Å². The fourth-order valence-corrected chi connectivity index (χ4v) is 3.34. The van der Waals surface area contributed by atoms with Crippen LogP contribution in [0.4, 0.5) is 0 Å². The number of halogens is 1. The Labute approximate surface area is 201 Å². The molecule has 0 saturated carbocycles. The van der Waals surface area contributed by atoms with E-state index >= 15 is 0 Å². The molecular formula is C23H32IN5O2. The maximum absolute atomic E-state index is 5.52. The summed E-state index contributed by atoms with van der Waals surface area (Å²) in [6.45, 7) is 4.30. The summed E-state index contributed by atoms with van der Waals surface area (Å²) in [5, 5.41) is 3.37. The van der Waals surface area contributed by atoms with Crippen molar-refractivity contribution in [3.63, 3.8) is 0 Å². The van der Waals surface area contributed by atoms with E-state index in [4.69, 9.17) is 14.5 Å². The fraction of sp³-hybridized carbons (Fsp3) is 0.391. The van der Waals surface area contributed by atoms with E-state index in [-0.39, 0.29) is 24.0 Å². The molecule has 0 atom stereocenters. The quantitative estimate of drug-likeness (QED) is 0.185. The molecule has 1 heterocycles. The molecule has 2 aromatic carbocycles. The third-order valence-corrected chi connectivity index (χ3v) is 4.87. The minimum atomic E-state index is 0. The van der Waals surface area contributed by atoms with Crippen molar-refractivity contribution in [3.8, 4) is 11.5 Å². The molecule has 0 bridgehead atoms. The molecule has 0 saturated heterocycles. The first-order chi connectivity index (χ1) is 14.6. The number of nitrogens with zero attached hydrogens (tertiary/aromatic N) is 3. The van der Waals surface area contributed by atoms with Gasteiger partial charge in [-0.1, -0.05) is 12.1 Å². The molecule has 1 aromatic heterocycles. The summed E-state index contributed by atoms with van der Waals surface area (Å²) < 4.78 is 10.8. The molecule has 0 aliphatic heterocycles. The van der Waals surface area contributed by atoms with E-state index in [9.17, 15) is 0 Å². The normalized spacial score (nSPS) is 11.2. The van der Waals surface area contributed by atoms with Crippen LogP contribution in [0.15, 0.2) is 47.5 Å². The van der Waals surface area contributed by atoms with Crippen molar-refractivity contribution in [2.24, 2.45) is 4.99 Å². The highest BCUT2D eigenvalue weighted by atomic mass is 127. The number of rotatable bonds is 9. The number of hydrogen-bond donors (Lipinski definition) is 2. The molecule has 168 valence electrons. The van der Waals surface area contributed by atoms with Crippen LogP contribution >= 0.6 is 24.0 Å². The van der Waals surface area contributed by atoms with Crippen LogP contribution in [-0.4, -0.2) is 55.2 Å². The van der Waals surface area contributed by atoms with E-state index in [0.29, 0.717) is 6.54 Å². The van der Waals surface area contributed by atoms with Crippen molar-refractivity contribution in [3.05, 3.63) is 53.9 Å². The lowest BCUT2D eigenvalue weighted by molar-refractivity contribution is 0.382. The van der Waals surface area contributed by atoms with Gasteiger partial charge in [0.1, 0.15) is 17.3 Å². The second kappa shape index (κ2) is 12.4. The molecule has 31 heavy (non-hydrogen) atoms. The van der Waals surface area contributed by atoms with Gasteiger partial charge in [0.2, 0.25) is 0 Å². The van der Waals surface area contributed by atoms with Crippen molar-refractivity contribution >= 4 is 41.0 Å². The Bertz CT molecular complexity index is 956. The molecule has 2 N–H and O–H groups in total. The maximum atomic E-state index is 5.52. The Hall–Kier alpha value is -2.49. The monoisotopic (exact) mass is 537 g/mol. The minimum Gasteiger partial charge on any atom is -0.497 e. The summed E-state index contributed by atoms with van der Waals surface area (Å²) in [4.78, 5) is 14.9. The number of aromatic nitrogens is 2. The van der Waals surface area contributed by atoms with Crippen molar-refractivity contribution in [1.82, 2.24) is 20.2 Å². The molecule has 0 aliphatic rings. The number of H-pyrrole nitrogens is 1. The summed E-state index contributed by atoms with van der Waals surface area (Å²) in [6, 6.07) is 14.0. The van der Waals surface area contributed by atoms with Crippen LogP contribution in [0.25, 0.3) is 11.0 Å². The highest BCUT2D eigenvalue weighted by Crippen LogP contribution is 2.25. The van der Waals surface area contributed by atoms with E-state index in [1.54, 1.807) is 14.2 Å². The molecule has 0 unspecified atom stereocenters. The zero-order valence-electron chi connectivity index (χ0n) is 18.6. The minimum absolute atomic E-state index is 0. The second-order valence-electron chi connectivity index (χ2n) is 7.07. The first kappa shape index (κ1) is 24.8. The second-order valence-corrected chi connectivity index (χ2v) is 7.07. The first-order valence-electron chi connectivity index (χ1n) is 10.3. The number of aromatic amines is 1. The van der Waals surface area contributed by atoms with E-state index in [1.807, 2.05) is 43.4 Å². The smallest absolute Gasteiger partial charge is 0.193 e. The molecule has 0 fully saturated rings. The Morgan fingerprint density at radius 1 is 1.16 bits per heavy atom. The van der Waals surface area contributed by atoms with E-state index in [1.165, 1.54) is 0 Å². The third-order valence-electron chi connectivity index (χ3n) is 4.87. The average Bonchev–Trinajstić information content (AvgIpc) is 3.19. The lowest BCUT2D eigenvalue weighted by atomic mass is 10.2. The number of guanidine groups is 1. The van der Waals surface area contributed by atoms with Gasteiger partial charge < -0.3 is 24.7 Å². The first-order valence-corrected chi connectivity index (χ1v) is 10.3. The number of hydrogen-bond acceptors (Lipinski definition) is 4. The molecule has 0 amide bonds. The highest BCUT2D eigenvalue weighted by Gasteiger charge is 2.11. The van der Waals surface area contributed by atoms with Crippen molar-refractivity contribution in [2.45, 2.75) is 26.3 Å². The molecular weight excluding hydrogens is 505 g/mol. The van der Waals surface area contributed by atoms with Crippen LogP contribution in [0.2, 0.25) is 0 Å². The van der Waals surface area contributed by atoms with Crippen LogP contribution in [0.5, 0.6) is 11.5 Å². The van der Waals surface area contributed by atoms with Crippen LogP contribution < -0.4 is 14.8 Å². The standard InChI is InChI=1S/C23H31N5O2.HI/c1-5-24-23(28(2)16-17-12-13-18(29-3)15-21(17)30-4)25-14-8-11-22-26-19-9-6-7-10-20(19)27-22;/h6-7,9-10,12-13,15H,5,8,11,14,16H2,1-4H3,(H,24,25)(H,26,27);1H. The lowest BCUT2D eigenvalue weighted by Gasteiger charge is -2.23. The van der Waals surface area contributed by atoms with Crippen LogP contribution in [0.1, 0.15) is 24.7 Å². The number of fused-ring (bicyclic) bond motifs is 1. The molecule has 3 rings (SSSR count). The Balaban J connectivity index is 0.00000341. The number of para-hydroxylation sites is 2. The lowest BCUT2D eigenvalue weighted by Crippen LogP contribution is -2.38. The Morgan fingerprint density at radius 2 is 1.97 bits per heavy atom. The van der Waals surface area contributed by atoms with Crippen LogP contribution in [-0.2, 0) is 13.0 Å². The number of imidazole rings is 1. The zero-order chi connectivity index (χ0) is 21.3. The topological polar surface area (TPSA) is 74.8 Å². The summed E-state index contributed by atoms with van der Waals surface area (Å²) in [7, 11) is 5.36. The molecule has 8 heteroatoms. The molecule has 0 aliphatic carbocycles. The van der Waals surface area contributed by atoms with E-state index in [0.717, 1.165) is 65.8 Å². The maximum Gasteiger partial charge on any atom is 0.193 e. The molecule has 7 nitrogen and oxygen atoms in total. The number of nitrogens with one attached hydrogen (secondary N) is 2. The summed E-state index contributed by atoms with van der Waals surface area (Å²) in [5.74, 6) is 3.47. The number of aryl methyl sites for hydroxylation is 1. The van der Waals surface area contributed by atoms with E-state index in [2.05, 4.69) is 33.2 Å². The third kappa shape index (κ3) is 6.75.